The van der Waals surface area contributed by atoms with E-state index in [2.05, 4.69) is 10.6 Å². The lowest BCUT2D eigenvalue weighted by Gasteiger charge is -2.35. The van der Waals surface area contributed by atoms with Crippen molar-refractivity contribution in [2.24, 2.45) is 5.41 Å². The van der Waals surface area contributed by atoms with Crippen LogP contribution in [0.5, 0.6) is 0 Å². The van der Waals surface area contributed by atoms with Crippen molar-refractivity contribution >= 4 is 23.5 Å². The SMILES string of the molecule is COCC1(C(=O)Nc2cc(C(=O)OC)cc(C(=O)OC)c2)CCNCC1. The zero-order valence-electron chi connectivity index (χ0n) is 15.2. The molecule has 0 spiro atoms. The Hall–Kier alpha value is -2.45. The lowest BCUT2D eigenvalue weighted by molar-refractivity contribution is -0.130. The van der Waals surface area contributed by atoms with Gasteiger partial charge in [0.05, 0.1) is 37.4 Å². The summed E-state index contributed by atoms with van der Waals surface area (Å²) in [6.07, 6.45) is 1.26. The summed E-state index contributed by atoms with van der Waals surface area (Å²) < 4.78 is 14.7. The maximum Gasteiger partial charge on any atom is 0.337 e. The highest BCUT2D eigenvalue weighted by Gasteiger charge is 2.39. The fraction of sp³-hybridized carbons (Fsp3) is 0.500. The van der Waals surface area contributed by atoms with E-state index >= 15 is 0 Å². The van der Waals surface area contributed by atoms with E-state index in [9.17, 15) is 14.4 Å². The van der Waals surface area contributed by atoms with Gasteiger partial charge in [-0.15, -0.1) is 0 Å². The zero-order chi connectivity index (χ0) is 19.2. The fourth-order valence-corrected chi connectivity index (χ4v) is 3.05. The number of rotatable bonds is 6. The Morgan fingerprint density at radius 1 is 1.00 bits per heavy atom. The van der Waals surface area contributed by atoms with Crippen LogP contribution in [0.15, 0.2) is 18.2 Å². The van der Waals surface area contributed by atoms with Crippen LogP contribution in [0.2, 0.25) is 0 Å². The number of carbonyl (C=O) groups excluding carboxylic acids is 3. The largest absolute Gasteiger partial charge is 0.465 e. The summed E-state index contributed by atoms with van der Waals surface area (Å²) in [4.78, 5) is 36.7. The number of hydrogen-bond acceptors (Lipinski definition) is 7. The van der Waals surface area contributed by atoms with Gasteiger partial charge in [-0.05, 0) is 44.1 Å². The second kappa shape index (κ2) is 8.77. The van der Waals surface area contributed by atoms with Crippen molar-refractivity contribution < 1.29 is 28.6 Å². The van der Waals surface area contributed by atoms with Gasteiger partial charge in [-0.1, -0.05) is 0 Å². The first-order valence-electron chi connectivity index (χ1n) is 8.28. The van der Waals surface area contributed by atoms with E-state index in [1.807, 2.05) is 0 Å². The van der Waals surface area contributed by atoms with Gasteiger partial charge in [0.1, 0.15) is 0 Å². The van der Waals surface area contributed by atoms with E-state index in [1.165, 1.54) is 32.4 Å². The molecule has 26 heavy (non-hydrogen) atoms. The smallest absolute Gasteiger partial charge is 0.337 e. The number of carbonyl (C=O) groups is 3. The third kappa shape index (κ3) is 4.39. The third-order valence-corrected chi connectivity index (χ3v) is 4.50. The molecule has 1 amide bonds. The summed E-state index contributed by atoms with van der Waals surface area (Å²) in [5.41, 5.74) is -0.0342. The molecule has 0 saturated carbocycles. The van der Waals surface area contributed by atoms with Gasteiger partial charge in [0.15, 0.2) is 0 Å². The average Bonchev–Trinajstić information content (AvgIpc) is 2.67. The average molecular weight is 364 g/mol. The first kappa shape index (κ1) is 19.9. The Balaban J connectivity index is 2.32. The fourth-order valence-electron chi connectivity index (χ4n) is 3.05. The minimum atomic E-state index is -0.660. The summed E-state index contributed by atoms with van der Waals surface area (Å²) in [5, 5.41) is 6.04. The molecule has 1 aliphatic heterocycles. The highest BCUT2D eigenvalue weighted by molar-refractivity contribution is 6.00. The first-order chi connectivity index (χ1) is 12.5. The number of ether oxygens (including phenoxy) is 3. The van der Waals surface area contributed by atoms with Gasteiger partial charge in [0.25, 0.3) is 0 Å². The van der Waals surface area contributed by atoms with Gasteiger partial charge in [0.2, 0.25) is 5.91 Å². The summed E-state index contributed by atoms with van der Waals surface area (Å²) >= 11 is 0. The Bertz CT molecular complexity index is 642. The van der Waals surface area contributed by atoms with E-state index in [1.54, 1.807) is 7.11 Å². The van der Waals surface area contributed by atoms with Crippen molar-refractivity contribution in [3.63, 3.8) is 0 Å². The van der Waals surface area contributed by atoms with E-state index in [4.69, 9.17) is 14.2 Å². The van der Waals surface area contributed by atoms with Crippen molar-refractivity contribution in [1.29, 1.82) is 0 Å². The molecule has 2 rings (SSSR count). The maximum atomic E-state index is 12.9. The van der Waals surface area contributed by atoms with Gasteiger partial charge < -0.3 is 24.8 Å². The maximum absolute atomic E-state index is 12.9. The lowest BCUT2D eigenvalue weighted by atomic mass is 9.78. The molecule has 1 aromatic carbocycles. The number of esters is 2. The quantitative estimate of drug-likeness (QED) is 0.732. The van der Waals surface area contributed by atoms with Gasteiger partial charge in [0, 0.05) is 12.8 Å². The number of amides is 1. The number of piperidine rings is 1. The molecule has 0 aliphatic carbocycles. The molecule has 2 N–H and O–H groups in total. The van der Waals surface area contributed by atoms with Crippen molar-refractivity contribution in [2.75, 3.05) is 46.3 Å². The molecule has 8 heteroatoms. The van der Waals surface area contributed by atoms with Crippen LogP contribution in [0, 0.1) is 5.41 Å². The van der Waals surface area contributed by atoms with Crippen LogP contribution < -0.4 is 10.6 Å². The number of nitrogens with one attached hydrogen (secondary N) is 2. The van der Waals surface area contributed by atoms with Gasteiger partial charge in [-0.3, -0.25) is 4.79 Å². The Morgan fingerprint density at radius 2 is 1.54 bits per heavy atom. The summed E-state index contributed by atoms with van der Waals surface area (Å²) in [5.74, 6) is -1.43. The first-order valence-corrected chi connectivity index (χ1v) is 8.28. The van der Waals surface area contributed by atoms with E-state index < -0.39 is 17.4 Å². The molecule has 8 nitrogen and oxygen atoms in total. The monoisotopic (exact) mass is 364 g/mol. The summed E-state index contributed by atoms with van der Waals surface area (Å²) in [6.45, 7) is 1.72. The van der Waals surface area contributed by atoms with Crippen molar-refractivity contribution in [2.45, 2.75) is 12.8 Å². The van der Waals surface area contributed by atoms with Crippen molar-refractivity contribution in [1.82, 2.24) is 5.32 Å². The zero-order valence-corrected chi connectivity index (χ0v) is 15.2. The van der Waals surface area contributed by atoms with Gasteiger partial charge >= 0.3 is 11.9 Å². The Labute approximate surface area is 152 Å². The summed E-state index contributed by atoms with van der Waals surface area (Å²) in [6, 6.07) is 4.30. The van der Waals surface area contributed by atoms with Crippen LogP contribution >= 0.6 is 0 Å². The highest BCUT2D eigenvalue weighted by atomic mass is 16.5. The van der Waals surface area contributed by atoms with Crippen LogP contribution in [0.1, 0.15) is 33.6 Å². The minimum absolute atomic E-state index is 0.150. The molecular formula is C18H24N2O6. The van der Waals surface area contributed by atoms with E-state index in [0.29, 0.717) is 38.2 Å². The molecule has 1 aliphatic rings. The third-order valence-electron chi connectivity index (χ3n) is 4.50. The highest BCUT2D eigenvalue weighted by Crippen LogP contribution is 2.31. The number of hydrogen-bond donors (Lipinski definition) is 2. The second-order valence-electron chi connectivity index (χ2n) is 6.20. The minimum Gasteiger partial charge on any atom is -0.465 e. The van der Waals surface area contributed by atoms with Gasteiger partial charge in [-0.25, -0.2) is 9.59 Å². The number of anilines is 1. The van der Waals surface area contributed by atoms with E-state index in [-0.39, 0.29) is 17.0 Å². The molecule has 0 aromatic heterocycles. The molecule has 1 fully saturated rings. The Kier molecular flexibility index (Phi) is 6.70. The standard InChI is InChI=1S/C18H24N2O6/c1-24-11-18(4-6-19-7-5-18)17(23)20-14-9-12(15(21)25-2)8-13(10-14)16(22)26-3/h8-10,19H,4-7,11H2,1-3H3,(H,20,23). The van der Waals surface area contributed by atoms with Crippen molar-refractivity contribution in [3.8, 4) is 0 Å². The van der Waals surface area contributed by atoms with Crippen LogP contribution in [0.4, 0.5) is 5.69 Å². The lowest BCUT2D eigenvalue weighted by Crippen LogP contribution is -2.47. The molecule has 0 radical (unpaired) electrons. The molecule has 1 heterocycles. The van der Waals surface area contributed by atoms with Crippen LogP contribution in [0.3, 0.4) is 0 Å². The van der Waals surface area contributed by atoms with E-state index in [0.717, 1.165) is 0 Å². The molecule has 142 valence electrons. The normalized spacial score (nSPS) is 15.8. The van der Waals surface area contributed by atoms with Crippen LogP contribution in [0.25, 0.3) is 0 Å². The second-order valence-corrected chi connectivity index (χ2v) is 6.20. The molecule has 0 unspecified atom stereocenters. The predicted molar refractivity (Wildman–Crippen MR) is 94.2 cm³/mol. The molecule has 1 aromatic rings. The number of benzene rings is 1. The van der Waals surface area contributed by atoms with Crippen molar-refractivity contribution in [3.05, 3.63) is 29.3 Å². The predicted octanol–water partition coefficient (Wildman–Crippen LogP) is 1.21. The Morgan fingerprint density at radius 3 is 2.00 bits per heavy atom. The molecule has 1 saturated heterocycles. The molecule has 0 atom stereocenters. The molecular weight excluding hydrogens is 340 g/mol. The van der Waals surface area contributed by atoms with Crippen LogP contribution in [-0.4, -0.2) is 58.9 Å². The van der Waals surface area contributed by atoms with Crippen LogP contribution in [-0.2, 0) is 19.0 Å². The summed E-state index contributed by atoms with van der Waals surface area (Å²) in [7, 11) is 4.05. The molecule has 0 bridgehead atoms. The van der Waals surface area contributed by atoms with Gasteiger partial charge in [-0.2, -0.15) is 0 Å². The topological polar surface area (TPSA) is 103 Å². The number of methoxy groups -OCH3 is 3.